The van der Waals surface area contributed by atoms with Gasteiger partial charge in [-0.15, -0.1) is 0 Å². The lowest BCUT2D eigenvalue weighted by Gasteiger charge is -2.38. The van der Waals surface area contributed by atoms with Gasteiger partial charge in [0.05, 0.1) is 6.10 Å². The molecule has 0 bridgehead atoms. The van der Waals surface area contributed by atoms with Crippen LogP contribution in [0.15, 0.2) is 22.7 Å². The van der Waals surface area contributed by atoms with E-state index in [1.165, 1.54) is 25.7 Å². The summed E-state index contributed by atoms with van der Waals surface area (Å²) < 4.78 is 7.19. The Hall–Kier alpha value is -0.540. The molecule has 19 heavy (non-hydrogen) atoms. The first kappa shape index (κ1) is 13.4. The summed E-state index contributed by atoms with van der Waals surface area (Å²) in [4.78, 5) is 0. The summed E-state index contributed by atoms with van der Waals surface area (Å²) in [5.41, 5.74) is 0.934. The van der Waals surface area contributed by atoms with Crippen molar-refractivity contribution < 1.29 is 9.84 Å². The molecular formula is C16H21BrO2. The van der Waals surface area contributed by atoms with Gasteiger partial charge in [-0.1, -0.05) is 41.8 Å². The van der Waals surface area contributed by atoms with Crippen molar-refractivity contribution in [3.63, 3.8) is 0 Å². The molecule has 1 aromatic rings. The van der Waals surface area contributed by atoms with E-state index in [9.17, 15) is 5.11 Å². The van der Waals surface area contributed by atoms with E-state index in [0.29, 0.717) is 5.92 Å². The van der Waals surface area contributed by atoms with Gasteiger partial charge in [-0.3, -0.25) is 0 Å². The molecule has 2 aliphatic rings. The van der Waals surface area contributed by atoms with Crippen molar-refractivity contribution in [1.29, 1.82) is 0 Å². The van der Waals surface area contributed by atoms with E-state index in [0.717, 1.165) is 28.1 Å². The third kappa shape index (κ3) is 2.82. The van der Waals surface area contributed by atoms with Crippen molar-refractivity contribution in [2.75, 3.05) is 0 Å². The molecule has 4 atom stereocenters. The summed E-state index contributed by atoms with van der Waals surface area (Å²) in [6.07, 6.45) is 5.66. The highest BCUT2D eigenvalue weighted by Gasteiger charge is 2.34. The standard InChI is InChI=1S/C16H21BrO2/c1-10-3-2-4-11(7-10)15-9-14(18)13-6-5-12(17)8-16(13)19-15/h5-6,8,10-11,14-15,18H,2-4,7,9H2,1H3/t10?,11?,14-,15?/m0/s1. The van der Waals surface area contributed by atoms with Gasteiger partial charge < -0.3 is 9.84 Å². The van der Waals surface area contributed by atoms with E-state index in [1.807, 2.05) is 18.2 Å². The van der Waals surface area contributed by atoms with Crippen molar-refractivity contribution in [2.45, 2.75) is 51.2 Å². The molecule has 0 saturated heterocycles. The molecule has 0 amide bonds. The van der Waals surface area contributed by atoms with Gasteiger partial charge in [0, 0.05) is 16.5 Å². The molecule has 1 heterocycles. The van der Waals surface area contributed by atoms with Gasteiger partial charge in [-0.05, 0) is 36.8 Å². The summed E-state index contributed by atoms with van der Waals surface area (Å²) in [6, 6.07) is 5.91. The monoisotopic (exact) mass is 324 g/mol. The van der Waals surface area contributed by atoms with Crippen LogP contribution in [0.2, 0.25) is 0 Å². The second-order valence-electron chi connectivity index (χ2n) is 6.12. The number of aliphatic hydroxyl groups excluding tert-OH is 1. The van der Waals surface area contributed by atoms with E-state index in [4.69, 9.17) is 4.74 Å². The normalized spacial score (nSPS) is 34.5. The smallest absolute Gasteiger partial charge is 0.126 e. The number of hydrogen-bond acceptors (Lipinski definition) is 2. The largest absolute Gasteiger partial charge is 0.490 e. The highest BCUT2D eigenvalue weighted by atomic mass is 79.9. The molecule has 2 nitrogen and oxygen atoms in total. The van der Waals surface area contributed by atoms with Gasteiger partial charge in [-0.2, -0.15) is 0 Å². The van der Waals surface area contributed by atoms with Gasteiger partial charge in [-0.25, -0.2) is 0 Å². The molecule has 3 heteroatoms. The Balaban J connectivity index is 1.80. The zero-order valence-electron chi connectivity index (χ0n) is 11.3. The van der Waals surface area contributed by atoms with Crippen LogP contribution in [0.3, 0.4) is 0 Å². The molecule has 1 N–H and O–H groups in total. The minimum absolute atomic E-state index is 0.180. The van der Waals surface area contributed by atoms with Crippen molar-refractivity contribution in [1.82, 2.24) is 0 Å². The van der Waals surface area contributed by atoms with E-state index >= 15 is 0 Å². The molecule has 1 fully saturated rings. The number of ether oxygens (including phenoxy) is 1. The van der Waals surface area contributed by atoms with Crippen LogP contribution < -0.4 is 4.74 Å². The average Bonchev–Trinajstić information content (AvgIpc) is 2.38. The summed E-state index contributed by atoms with van der Waals surface area (Å²) >= 11 is 3.47. The van der Waals surface area contributed by atoms with E-state index in [-0.39, 0.29) is 12.2 Å². The molecule has 104 valence electrons. The van der Waals surface area contributed by atoms with Gasteiger partial charge in [0.2, 0.25) is 0 Å². The molecular weight excluding hydrogens is 304 g/mol. The minimum Gasteiger partial charge on any atom is -0.490 e. The topological polar surface area (TPSA) is 29.5 Å². The Bertz CT molecular complexity index is 460. The minimum atomic E-state index is -0.376. The number of halogens is 1. The third-order valence-electron chi connectivity index (χ3n) is 4.57. The second kappa shape index (κ2) is 5.45. The second-order valence-corrected chi connectivity index (χ2v) is 7.04. The van der Waals surface area contributed by atoms with Crippen molar-refractivity contribution in [2.24, 2.45) is 11.8 Å². The van der Waals surface area contributed by atoms with Crippen LogP contribution in [0.25, 0.3) is 0 Å². The molecule has 0 radical (unpaired) electrons. The molecule has 0 spiro atoms. The summed E-state index contributed by atoms with van der Waals surface area (Å²) in [5, 5.41) is 10.3. The Labute approximate surface area is 123 Å². The van der Waals surface area contributed by atoms with Crippen molar-refractivity contribution in [3.8, 4) is 5.75 Å². The van der Waals surface area contributed by atoms with E-state index < -0.39 is 0 Å². The fourth-order valence-electron chi connectivity index (χ4n) is 3.55. The molecule has 3 rings (SSSR count). The maximum atomic E-state index is 10.3. The van der Waals surface area contributed by atoms with Crippen LogP contribution in [-0.2, 0) is 0 Å². The zero-order chi connectivity index (χ0) is 13.4. The summed E-state index contributed by atoms with van der Waals surface area (Å²) in [6.45, 7) is 2.33. The van der Waals surface area contributed by atoms with Crippen LogP contribution in [0.4, 0.5) is 0 Å². The predicted molar refractivity (Wildman–Crippen MR) is 79.3 cm³/mol. The molecule has 1 aliphatic carbocycles. The molecule has 0 aromatic heterocycles. The van der Waals surface area contributed by atoms with E-state index in [1.54, 1.807) is 0 Å². The predicted octanol–water partition coefficient (Wildman–Crippen LogP) is 4.46. The van der Waals surface area contributed by atoms with Crippen LogP contribution in [0.1, 0.15) is 50.7 Å². The van der Waals surface area contributed by atoms with Crippen LogP contribution in [-0.4, -0.2) is 11.2 Å². The maximum Gasteiger partial charge on any atom is 0.126 e. The molecule has 1 aromatic carbocycles. The fraction of sp³-hybridized carbons (Fsp3) is 0.625. The maximum absolute atomic E-state index is 10.3. The van der Waals surface area contributed by atoms with Crippen LogP contribution in [0.5, 0.6) is 5.75 Å². The number of hydrogen-bond donors (Lipinski definition) is 1. The zero-order valence-corrected chi connectivity index (χ0v) is 12.9. The lowest BCUT2D eigenvalue weighted by atomic mass is 9.77. The molecule has 1 saturated carbocycles. The third-order valence-corrected chi connectivity index (χ3v) is 5.06. The summed E-state index contributed by atoms with van der Waals surface area (Å²) in [5.74, 6) is 2.25. The fourth-order valence-corrected chi connectivity index (χ4v) is 3.89. The van der Waals surface area contributed by atoms with Crippen molar-refractivity contribution in [3.05, 3.63) is 28.2 Å². The first-order chi connectivity index (χ1) is 9.13. The number of aliphatic hydroxyl groups is 1. The van der Waals surface area contributed by atoms with Crippen molar-refractivity contribution >= 4 is 15.9 Å². The highest BCUT2D eigenvalue weighted by molar-refractivity contribution is 9.10. The number of rotatable bonds is 1. The van der Waals surface area contributed by atoms with Gasteiger partial charge in [0.25, 0.3) is 0 Å². The number of fused-ring (bicyclic) bond motifs is 1. The van der Waals surface area contributed by atoms with Crippen LogP contribution >= 0.6 is 15.9 Å². The lowest BCUT2D eigenvalue weighted by molar-refractivity contribution is 0.0171. The quantitative estimate of drug-likeness (QED) is 0.826. The Kier molecular flexibility index (Phi) is 3.86. The van der Waals surface area contributed by atoms with Crippen LogP contribution in [0, 0.1) is 11.8 Å². The lowest BCUT2D eigenvalue weighted by Crippen LogP contribution is -2.35. The Morgan fingerprint density at radius 1 is 1.26 bits per heavy atom. The number of benzene rings is 1. The molecule has 3 unspecified atom stereocenters. The molecule has 1 aliphatic heterocycles. The van der Waals surface area contributed by atoms with Gasteiger partial charge >= 0.3 is 0 Å². The Morgan fingerprint density at radius 3 is 2.89 bits per heavy atom. The van der Waals surface area contributed by atoms with Gasteiger partial charge in [0.15, 0.2) is 0 Å². The highest BCUT2D eigenvalue weighted by Crippen LogP contribution is 2.42. The van der Waals surface area contributed by atoms with E-state index in [2.05, 4.69) is 22.9 Å². The average molecular weight is 325 g/mol. The Morgan fingerprint density at radius 2 is 2.11 bits per heavy atom. The van der Waals surface area contributed by atoms with Gasteiger partial charge in [0.1, 0.15) is 11.9 Å². The summed E-state index contributed by atoms with van der Waals surface area (Å²) in [7, 11) is 0. The first-order valence-corrected chi connectivity index (χ1v) is 8.07. The first-order valence-electron chi connectivity index (χ1n) is 7.27. The SMILES string of the molecule is CC1CCCC(C2C[C@H](O)c3ccc(Br)cc3O2)C1.